The third kappa shape index (κ3) is 4.35. The fourth-order valence-corrected chi connectivity index (χ4v) is 2.51. The minimum Gasteiger partial charge on any atom is -0.461 e. The van der Waals surface area contributed by atoms with E-state index in [-0.39, 0.29) is 5.91 Å². The zero-order valence-electron chi connectivity index (χ0n) is 14.4. The molecule has 0 aliphatic heterocycles. The summed E-state index contributed by atoms with van der Waals surface area (Å²) in [5.41, 5.74) is 2.41. The second-order valence-corrected chi connectivity index (χ2v) is 5.91. The van der Waals surface area contributed by atoms with Crippen LogP contribution in [-0.4, -0.2) is 28.0 Å². The Kier molecular flexibility index (Phi) is 5.28. The van der Waals surface area contributed by atoms with Crippen LogP contribution in [0.15, 0.2) is 51.6 Å². The molecule has 0 atom stereocenters. The molecule has 25 heavy (non-hydrogen) atoms. The lowest BCUT2D eigenvalue weighted by Gasteiger charge is -2.17. The summed E-state index contributed by atoms with van der Waals surface area (Å²) in [5.74, 6) is 1.42. The van der Waals surface area contributed by atoms with E-state index in [1.54, 1.807) is 30.3 Å². The Morgan fingerprint density at radius 1 is 1.16 bits per heavy atom. The predicted molar refractivity (Wildman–Crippen MR) is 92.6 cm³/mol. The molecule has 0 aliphatic carbocycles. The van der Waals surface area contributed by atoms with Gasteiger partial charge in [-0.1, -0.05) is 36.3 Å². The molecule has 0 unspecified atom stereocenters. The van der Waals surface area contributed by atoms with Gasteiger partial charge in [-0.15, -0.1) is 0 Å². The maximum absolute atomic E-state index is 12.3. The molecule has 6 heteroatoms. The Bertz CT molecular complexity index is 807. The molecule has 1 amide bonds. The summed E-state index contributed by atoms with van der Waals surface area (Å²) in [5, 5.41) is 3.86. The highest BCUT2D eigenvalue weighted by Crippen LogP contribution is 2.16. The van der Waals surface area contributed by atoms with Gasteiger partial charge in [0.1, 0.15) is 0 Å². The van der Waals surface area contributed by atoms with Gasteiger partial charge in [0.25, 0.3) is 0 Å². The summed E-state index contributed by atoms with van der Waals surface area (Å²) in [6.07, 6.45) is 3.30. The maximum Gasteiger partial charge on any atom is 0.238 e. The first kappa shape index (κ1) is 17.0. The molecule has 0 N–H and O–H groups in total. The molecule has 0 fully saturated rings. The van der Waals surface area contributed by atoms with Crippen molar-refractivity contribution in [2.45, 2.75) is 32.7 Å². The number of carbonyl (C=O) groups is 1. The maximum atomic E-state index is 12.3. The Labute approximate surface area is 146 Å². The van der Waals surface area contributed by atoms with E-state index < -0.39 is 0 Å². The van der Waals surface area contributed by atoms with Gasteiger partial charge in [-0.2, -0.15) is 4.98 Å². The lowest BCUT2D eigenvalue weighted by atomic mass is 10.1. The van der Waals surface area contributed by atoms with Crippen molar-refractivity contribution in [3.05, 3.63) is 59.7 Å². The van der Waals surface area contributed by atoms with Crippen molar-refractivity contribution in [2.24, 2.45) is 0 Å². The highest BCUT2D eigenvalue weighted by Gasteiger charge is 2.14. The summed E-state index contributed by atoms with van der Waals surface area (Å²) < 4.78 is 10.4. The molecule has 3 aromatic rings. The van der Waals surface area contributed by atoms with E-state index >= 15 is 0 Å². The minimum absolute atomic E-state index is 0.0392. The number of aromatic nitrogens is 2. The van der Waals surface area contributed by atoms with Crippen LogP contribution in [0, 0.1) is 0 Å². The molecular weight excluding hydrogens is 318 g/mol. The first-order valence-corrected chi connectivity index (χ1v) is 8.34. The molecule has 2 heterocycles. The average molecular weight is 339 g/mol. The van der Waals surface area contributed by atoms with Gasteiger partial charge in [-0.05, 0) is 29.7 Å². The molecule has 3 rings (SSSR count). The molecule has 0 radical (unpaired) electrons. The van der Waals surface area contributed by atoms with E-state index in [0.717, 1.165) is 12.0 Å². The molecule has 6 nitrogen and oxygen atoms in total. The molecule has 2 aromatic heterocycles. The number of carbonyl (C=O) groups excluding carboxylic acids is 1. The first-order valence-electron chi connectivity index (χ1n) is 8.34. The lowest BCUT2D eigenvalue weighted by Crippen LogP contribution is -2.26. The fourth-order valence-electron chi connectivity index (χ4n) is 2.51. The summed E-state index contributed by atoms with van der Waals surface area (Å²) in [7, 11) is 1.80. The van der Waals surface area contributed by atoms with Crippen LogP contribution < -0.4 is 0 Å². The lowest BCUT2D eigenvalue weighted by molar-refractivity contribution is -0.130. The van der Waals surface area contributed by atoms with Gasteiger partial charge in [0, 0.05) is 26.4 Å². The van der Waals surface area contributed by atoms with Crippen LogP contribution in [0.4, 0.5) is 0 Å². The van der Waals surface area contributed by atoms with E-state index in [0.29, 0.717) is 36.9 Å². The van der Waals surface area contributed by atoms with Crippen molar-refractivity contribution >= 4 is 5.91 Å². The molecule has 130 valence electrons. The van der Waals surface area contributed by atoms with Crippen molar-refractivity contribution in [3.8, 4) is 11.6 Å². The standard InChI is InChI=1S/C19H21N3O3/c1-3-14-6-8-15(9-7-14)13-22(2)18(23)11-10-17-20-19(21-25-17)16-5-4-12-24-16/h4-9,12H,3,10-11,13H2,1-2H3. The monoisotopic (exact) mass is 339 g/mol. The molecule has 0 aliphatic rings. The number of nitrogens with zero attached hydrogens (tertiary/aromatic N) is 3. The second-order valence-electron chi connectivity index (χ2n) is 5.91. The normalized spacial score (nSPS) is 10.8. The van der Waals surface area contributed by atoms with E-state index in [4.69, 9.17) is 8.94 Å². The summed E-state index contributed by atoms with van der Waals surface area (Å²) in [6, 6.07) is 11.9. The Hall–Kier alpha value is -2.89. The highest BCUT2D eigenvalue weighted by molar-refractivity contribution is 5.76. The number of benzene rings is 1. The van der Waals surface area contributed by atoms with Gasteiger partial charge < -0.3 is 13.8 Å². The molecule has 1 aromatic carbocycles. The van der Waals surface area contributed by atoms with E-state index in [1.807, 2.05) is 0 Å². The van der Waals surface area contributed by atoms with Gasteiger partial charge in [-0.3, -0.25) is 4.79 Å². The zero-order chi connectivity index (χ0) is 17.6. The number of aryl methyl sites for hydroxylation is 2. The van der Waals surface area contributed by atoms with Crippen molar-refractivity contribution in [2.75, 3.05) is 7.05 Å². The van der Waals surface area contributed by atoms with Gasteiger partial charge >= 0.3 is 0 Å². The highest BCUT2D eigenvalue weighted by atomic mass is 16.5. The van der Waals surface area contributed by atoms with E-state index in [2.05, 4.69) is 41.3 Å². The number of hydrogen-bond acceptors (Lipinski definition) is 5. The largest absolute Gasteiger partial charge is 0.461 e. The van der Waals surface area contributed by atoms with E-state index in [1.165, 1.54) is 5.56 Å². The molecular formula is C19H21N3O3. The van der Waals surface area contributed by atoms with Crippen molar-refractivity contribution < 1.29 is 13.7 Å². The van der Waals surface area contributed by atoms with E-state index in [9.17, 15) is 4.79 Å². The topological polar surface area (TPSA) is 72.4 Å². The van der Waals surface area contributed by atoms with Crippen LogP contribution in [0.5, 0.6) is 0 Å². The van der Waals surface area contributed by atoms with Crippen LogP contribution in [0.1, 0.15) is 30.4 Å². The third-order valence-corrected chi connectivity index (χ3v) is 4.04. The van der Waals surface area contributed by atoms with Crippen LogP contribution in [0.2, 0.25) is 0 Å². The summed E-state index contributed by atoms with van der Waals surface area (Å²) in [6.45, 7) is 2.71. The quantitative estimate of drug-likeness (QED) is 0.659. The zero-order valence-corrected chi connectivity index (χ0v) is 14.4. The molecule has 0 bridgehead atoms. The van der Waals surface area contributed by atoms with Crippen molar-refractivity contribution in [3.63, 3.8) is 0 Å². The molecule has 0 saturated heterocycles. The fraction of sp³-hybridized carbons (Fsp3) is 0.316. The van der Waals surface area contributed by atoms with Crippen LogP contribution in [0.3, 0.4) is 0 Å². The smallest absolute Gasteiger partial charge is 0.238 e. The Balaban J connectivity index is 1.51. The predicted octanol–water partition coefficient (Wildman–Crippen LogP) is 3.48. The first-order chi connectivity index (χ1) is 12.2. The summed E-state index contributed by atoms with van der Waals surface area (Å²) >= 11 is 0. The van der Waals surface area contributed by atoms with Crippen molar-refractivity contribution in [1.29, 1.82) is 0 Å². The number of hydrogen-bond donors (Lipinski definition) is 0. The number of furan rings is 1. The van der Waals surface area contributed by atoms with Gasteiger partial charge in [0.15, 0.2) is 5.76 Å². The van der Waals surface area contributed by atoms with Crippen molar-refractivity contribution in [1.82, 2.24) is 15.0 Å². The van der Waals surface area contributed by atoms with Crippen LogP contribution in [0.25, 0.3) is 11.6 Å². The van der Waals surface area contributed by atoms with Crippen LogP contribution >= 0.6 is 0 Å². The Morgan fingerprint density at radius 3 is 2.60 bits per heavy atom. The molecule has 0 spiro atoms. The SMILES string of the molecule is CCc1ccc(CN(C)C(=O)CCc2nc(-c3ccco3)no2)cc1. The number of amides is 1. The average Bonchev–Trinajstić information content (AvgIpc) is 3.31. The summed E-state index contributed by atoms with van der Waals surface area (Å²) in [4.78, 5) is 18.3. The second kappa shape index (κ2) is 7.79. The Morgan fingerprint density at radius 2 is 1.92 bits per heavy atom. The molecule has 0 saturated carbocycles. The van der Waals surface area contributed by atoms with Gasteiger partial charge in [0.2, 0.25) is 17.6 Å². The van der Waals surface area contributed by atoms with Gasteiger partial charge in [0.05, 0.1) is 6.26 Å². The number of rotatable bonds is 7. The minimum atomic E-state index is 0.0392. The van der Waals surface area contributed by atoms with Crippen LogP contribution in [-0.2, 0) is 24.2 Å². The third-order valence-electron chi connectivity index (χ3n) is 4.04. The van der Waals surface area contributed by atoms with Gasteiger partial charge in [-0.25, -0.2) is 0 Å².